The number of aromatic amines is 1. The monoisotopic (exact) mass is 307 g/mol. The average molecular weight is 308 g/mol. The summed E-state index contributed by atoms with van der Waals surface area (Å²) in [6.07, 6.45) is 0.628. The van der Waals surface area contributed by atoms with Crippen molar-refractivity contribution in [2.24, 2.45) is 5.92 Å². The Bertz CT molecular complexity index is 759. The van der Waals surface area contributed by atoms with E-state index in [4.69, 9.17) is 16.7 Å². The van der Waals surface area contributed by atoms with Gasteiger partial charge in [-0.25, -0.2) is 4.98 Å². The van der Waals surface area contributed by atoms with E-state index in [1.807, 2.05) is 4.90 Å². The molecule has 1 atom stereocenters. The van der Waals surface area contributed by atoms with Crippen LogP contribution in [0.4, 0.5) is 0 Å². The van der Waals surface area contributed by atoms with E-state index in [1.165, 1.54) is 0 Å². The van der Waals surface area contributed by atoms with E-state index in [2.05, 4.69) is 9.97 Å². The summed E-state index contributed by atoms with van der Waals surface area (Å²) >= 11 is 5.87. The molecule has 1 saturated heterocycles. The Kier molecular flexibility index (Phi) is 3.65. The van der Waals surface area contributed by atoms with Crippen molar-refractivity contribution < 1.29 is 9.90 Å². The molecule has 2 heterocycles. The average Bonchev–Trinajstić information content (AvgIpc) is 2.88. The first-order valence-corrected chi connectivity index (χ1v) is 7.04. The van der Waals surface area contributed by atoms with Gasteiger partial charge >= 0.3 is 5.97 Å². The minimum atomic E-state index is -0.771. The van der Waals surface area contributed by atoms with Gasteiger partial charge in [-0.2, -0.15) is 0 Å². The number of fused-ring (bicyclic) bond motifs is 1. The van der Waals surface area contributed by atoms with Gasteiger partial charge in [-0.05, 0) is 31.2 Å². The third-order valence-electron chi connectivity index (χ3n) is 3.71. The number of benzene rings is 1. The zero-order valence-electron chi connectivity index (χ0n) is 11.2. The molecule has 1 unspecified atom stereocenters. The molecule has 110 valence electrons. The Morgan fingerprint density at radius 2 is 2.33 bits per heavy atom. The predicted molar refractivity (Wildman–Crippen MR) is 78.4 cm³/mol. The molecule has 7 heteroatoms. The number of hydrogen-bond acceptors (Lipinski definition) is 4. The van der Waals surface area contributed by atoms with E-state index >= 15 is 0 Å². The van der Waals surface area contributed by atoms with Crippen molar-refractivity contribution in [1.29, 1.82) is 0 Å². The van der Waals surface area contributed by atoms with Gasteiger partial charge in [0.05, 0.1) is 23.4 Å². The number of aliphatic carboxylic acids is 1. The van der Waals surface area contributed by atoms with Crippen molar-refractivity contribution in [1.82, 2.24) is 14.9 Å². The summed E-state index contributed by atoms with van der Waals surface area (Å²) < 4.78 is 0. The number of carbonyl (C=O) groups is 1. The summed E-state index contributed by atoms with van der Waals surface area (Å²) in [7, 11) is 0. The van der Waals surface area contributed by atoms with Gasteiger partial charge in [0, 0.05) is 11.6 Å². The van der Waals surface area contributed by atoms with Crippen LogP contribution in [-0.4, -0.2) is 39.0 Å². The van der Waals surface area contributed by atoms with Crippen LogP contribution in [0.25, 0.3) is 10.9 Å². The minimum Gasteiger partial charge on any atom is -0.481 e. The number of hydrogen-bond donors (Lipinski definition) is 2. The molecule has 1 aliphatic heterocycles. The lowest BCUT2D eigenvalue weighted by molar-refractivity contribution is -0.141. The molecule has 0 aliphatic carbocycles. The molecule has 2 aromatic rings. The molecule has 0 saturated carbocycles. The van der Waals surface area contributed by atoms with Gasteiger partial charge in [0.1, 0.15) is 5.82 Å². The fourth-order valence-corrected chi connectivity index (χ4v) is 2.80. The van der Waals surface area contributed by atoms with Crippen LogP contribution in [0.2, 0.25) is 5.02 Å². The third kappa shape index (κ3) is 2.91. The summed E-state index contributed by atoms with van der Waals surface area (Å²) in [6, 6.07) is 4.99. The normalized spacial score (nSPS) is 19.2. The van der Waals surface area contributed by atoms with Crippen LogP contribution in [0, 0.1) is 5.92 Å². The Balaban J connectivity index is 1.84. The summed E-state index contributed by atoms with van der Waals surface area (Å²) in [5.41, 5.74) is 0.360. The van der Waals surface area contributed by atoms with Gasteiger partial charge < -0.3 is 10.1 Å². The smallest absolute Gasteiger partial charge is 0.307 e. The Hall–Kier alpha value is -1.92. The maximum absolute atomic E-state index is 12.0. The summed E-state index contributed by atoms with van der Waals surface area (Å²) in [5.74, 6) is -0.566. The molecule has 1 aromatic carbocycles. The van der Waals surface area contributed by atoms with Crippen molar-refractivity contribution in [2.45, 2.75) is 13.0 Å². The zero-order chi connectivity index (χ0) is 15.0. The molecule has 0 spiro atoms. The molecule has 1 aliphatic rings. The lowest BCUT2D eigenvalue weighted by atomic mass is 10.1. The first-order valence-electron chi connectivity index (χ1n) is 6.66. The van der Waals surface area contributed by atoms with Gasteiger partial charge in [0.2, 0.25) is 0 Å². The van der Waals surface area contributed by atoms with E-state index < -0.39 is 5.97 Å². The number of likely N-dealkylation sites (tertiary alicyclic amines) is 1. The van der Waals surface area contributed by atoms with Crippen LogP contribution in [-0.2, 0) is 11.3 Å². The summed E-state index contributed by atoms with van der Waals surface area (Å²) in [6.45, 7) is 1.62. The van der Waals surface area contributed by atoms with Crippen molar-refractivity contribution in [3.05, 3.63) is 39.4 Å². The SMILES string of the molecule is O=C(O)C1CCN(Cc2nc3ccc(Cl)cc3c(=O)[nH]2)C1. The number of carboxylic acid groups (broad SMARTS) is 1. The fraction of sp³-hybridized carbons (Fsp3) is 0.357. The molecular formula is C14H14ClN3O3. The zero-order valence-corrected chi connectivity index (χ0v) is 11.9. The van der Waals surface area contributed by atoms with E-state index in [0.717, 1.165) is 0 Å². The summed E-state index contributed by atoms with van der Waals surface area (Å²) in [5, 5.41) is 9.94. The largest absolute Gasteiger partial charge is 0.481 e. The lowest BCUT2D eigenvalue weighted by Crippen LogP contribution is -2.25. The standard InChI is InChI=1S/C14H14ClN3O3/c15-9-1-2-11-10(5-9)13(19)17-12(16-11)7-18-4-3-8(6-18)14(20)21/h1-2,5,8H,3-4,6-7H2,(H,20,21)(H,16,17,19). The highest BCUT2D eigenvalue weighted by atomic mass is 35.5. The van der Waals surface area contributed by atoms with Crippen molar-refractivity contribution in [3.63, 3.8) is 0 Å². The lowest BCUT2D eigenvalue weighted by Gasteiger charge is -2.14. The number of aromatic nitrogens is 2. The van der Waals surface area contributed by atoms with Crippen LogP contribution < -0.4 is 5.56 Å². The summed E-state index contributed by atoms with van der Waals surface area (Å²) in [4.78, 5) is 32.1. The molecule has 21 heavy (non-hydrogen) atoms. The van der Waals surface area contributed by atoms with Crippen LogP contribution in [0.5, 0.6) is 0 Å². The Labute approximate surface area is 125 Å². The van der Waals surface area contributed by atoms with Crippen LogP contribution >= 0.6 is 11.6 Å². The highest BCUT2D eigenvalue weighted by Gasteiger charge is 2.28. The molecule has 3 rings (SSSR count). The number of nitrogens with one attached hydrogen (secondary N) is 1. The molecular weight excluding hydrogens is 294 g/mol. The quantitative estimate of drug-likeness (QED) is 0.897. The molecule has 1 aromatic heterocycles. The number of carboxylic acids is 1. The number of rotatable bonds is 3. The molecule has 6 nitrogen and oxygen atoms in total. The van der Waals surface area contributed by atoms with Gasteiger partial charge in [0.25, 0.3) is 5.56 Å². The van der Waals surface area contributed by atoms with Crippen LogP contribution in [0.3, 0.4) is 0 Å². The molecule has 2 N–H and O–H groups in total. The van der Waals surface area contributed by atoms with Gasteiger partial charge in [-0.1, -0.05) is 11.6 Å². The number of nitrogens with zero attached hydrogens (tertiary/aromatic N) is 2. The Morgan fingerprint density at radius 1 is 1.52 bits per heavy atom. The first kappa shape index (κ1) is 14.0. The van der Waals surface area contributed by atoms with E-state index in [0.29, 0.717) is 47.8 Å². The second kappa shape index (κ2) is 5.46. The van der Waals surface area contributed by atoms with E-state index in [9.17, 15) is 9.59 Å². The molecule has 1 fully saturated rings. The fourth-order valence-electron chi connectivity index (χ4n) is 2.62. The van der Waals surface area contributed by atoms with Crippen molar-refractivity contribution >= 4 is 28.5 Å². The van der Waals surface area contributed by atoms with Crippen molar-refractivity contribution in [3.8, 4) is 0 Å². The maximum atomic E-state index is 12.0. The Morgan fingerprint density at radius 3 is 3.05 bits per heavy atom. The van der Waals surface area contributed by atoms with Crippen LogP contribution in [0.15, 0.2) is 23.0 Å². The van der Waals surface area contributed by atoms with E-state index in [-0.39, 0.29) is 11.5 Å². The second-order valence-electron chi connectivity index (χ2n) is 5.23. The van der Waals surface area contributed by atoms with Crippen molar-refractivity contribution in [2.75, 3.05) is 13.1 Å². The number of halogens is 1. The highest BCUT2D eigenvalue weighted by molar-refractivity contribution is 6.31. The highest BCUT2D eigenvalue weighted by Crippen LogP contribution is 2.19. The molecule has 0 amide bonds. The van der Waals surface area contributed by atoms with Gasteiger partial charge in [-0.3, -0.25) is 14.5 Å². The molecule has 0 bridgehead atoms. The molecule has 0 radical (unpaired) electrons. The van der Waals surface area contributed by atoms with E-state index in [1.54, 1.807) is 18.2 Å². The minimum absolute atomic E-state index is 0.230. The topological polar surface area (TPSA) is 86.3 Å². The van der Waals surface area contributed by atoms with Gasteiger partial charge in [0.15, 0.2) is 0 Å². The number of H-pyrrole nitrogens is 1. The second-order valence-corrected chi connectivity index (χ2v) is 5.67. The first-order chi connectivity index (χ1) is 10.0. The predicted octanol–water partition coefficient (Wildman–Crippen LogP) is 1.48. The van der Waals surface area contributed by atoms with Gasteiger partial charge in [-0.15, -0.1) is 0 Å². The third-order valence-corrected chi connectivity index (χ3v) is 3.95. The van der Waals surface area contributed by atoms with Crippen LogP contribution in [0.1, 0.15) is 12.2 Å². The maximum Gasteiger partial charge on any atom is 0.307 e.